The lowest BCUT2D eigenvalue weighted by molar-refractivity contribution is -0.137. The second kappa shape index (κ2) is 5.87. The molecule has 0 unspecified atom stereocenters. The zero-order valence-electron chi connectivity index (χ0n) is 13.7. The third kappa shape index (κ3) is 2.97. The number of amides is 1. The molecule has 0 radical (unpaired) electrons. The summed E-state index contributed by atoms with van der Waals surface area (Å²) < 4.78 is 38.4. The first kappa shape index (κ1) is 16.6. The zero-order valence-corrected chi connectivity index (χ0v) is 14.6. The molecule has 2 aromatic rings. The number of halogens is 3. The Kier molecular flexibility index (Phi) is 3.90. The van der Waals surface area contributed by atoms with Crippen molar-refractivity contribution in [2.24, 2.45) is 5.92 Å². The highest BCUT2D eigenvalue weighted by Crippen LogP contribution is 2.48. The quantitative estimate of drug-likeness (QED) is 0.724. The molecule has 4 rings (SSSR count). The maximum atomic E-state index is 12.8. The minimum Gasteiger partial charge on any atom is -0.317 e. The molecular formula is C19H18F3NOS. The van der Waals surface area contributed by atoms with Crippen molar-refractivity contribution in [3.8, 4) is 0 Å². The van der Waals surface area contributed by atoms with Gasteiger partial charge in [0.15, 0.2) is 0 Å². The first-order valence-electron chi connectivity index (χ1n) is 8.44. The summed E-state index contributed by atoms with van der Waals surface area (Å²) in [6, 6.07) is 5.27. The molecule has 1 amide bonds. The molecule has 0 bridgehead atoms. The van der Waals surface area contributed by atoms with Crippen molar-refractivity contribution in [3.63, 3.8) is 0 Å². The van der Waals surface area contributed by atoms with Crippen molar-refractivity contribution >= 4 is 22.2 Å². The summed E-state index contributed by atoms with van der Waals surface area (Å²) in [5.41, 5.74) is 2.57. The fraction of sp³-hybridized carbons (Fsp3) is 0.421. The third-order valence-corrected chi connectivity index (χ3v) is 6.37. The van der Waals surface area contributed by atoms with Gasteiger partial charge in [-0.25, -0.2) is 0 Å². The summed E-state index contributed by atoms with van der Waals surface area (Å²) in [5.74, 6) is 0.413. The van der Waals surface area contributed by atoms with Gasteiger partial charge in [0.25, 0.3) is 0 Å². The van der Waals surface area contributed by atoms with Crippen LogP contribution >= 0.6 is 11.3 Å². The van der Waals surface area contributed by atoms with Crippen molar-refractivity contribution in [1.82, 2.24) is 0 Å². The highest BCUT2D eigenvalue weighted by molar-refractivity contribution is 7.16. The van der Waals surface area contributed by atoms with Gasteiger partial charge in [0.2, 0.25) is 5.91 Å². The summed E-state index contributed by atoms with van der Waals surface area (Å²) in [4.78, 5) is 13.5. The van der Waals surface area contributed by atoms with Crippen LogP contribution in [0, 0.1) is 5.92 Å². The van der Waals surface area contributed by atoms with Crippen LogP contribution in [0.2, 0.25) is 0 Å². The lowest BCUT2D eigenvalue weighted by Crippen LogP contribution is -2.23. The summed E-state index contributed by atoms with van der Waals surface area (Å²) in [6.45, 7) is 2.23. The average molecular weight is 365 g/mol. The lowest BCUT2D eigenvalue weighted by atomic mass is 9.80. The smallest absolute Gasteiger partial charge is 0.317 e. The SMILES string of the molecule is C[C@@H]1CCc2c(sc3c2[C@H](c2ccc(C(F)(F)F)cc2)CC(=O)N3)C1. The number of benzene rings is 1. The second-order valence-corrected chi connectivity index (χ2v) is 8.12. The van der Waals surface area contributed by atoms with Crippen LogP contribution < -0.4 is 5.32 Å². The second-order valence-electron chi connectivity index (χ2n) is 7.02. The van der Waals surface area contributed by atoms with E-state index in [1.54, 1.807) is 11.3 Å². The van der Waals surface area contributed by atoms with Gasteiger partial charge in [0.1, 0.15) is 0 Å². The van der Waals surface area contributed by atoms with E-state index in [0.29, 0.717) is 5.92 Å². The fourth-order valence-corrected chi connectivity index (χ4v) is 5.38. The van der Waals surface area contributed by atoms with Gasteiger partial charge in [-0.1, -0.05) is 19.1 Å². The van der Waals surface area contributed by atoms with Crippen LogP contribution in [0.15, 0.2) is 24.3 Å². The number of anilines is 1. The van der Waals surface area contributed by atoms with Gasteiger partial charge in [-0.05, 0) is 54.0 Å². The van der Waals surface area contributed by atoms with E-state index in [1.165, 1.54) is 22.6 Å². The van der Waals surface area contributed by atoms with Crippen LogP contribution in [0.1, 0.15) is 52.8 Å². The number of rotatable bonds is 1. The Morgan fingerprint density at radius 3 is 2.56 bits per heavy atom. The molecule has 132 valence electrons. The highest BCUT2D eigenvalue weighted by atomic mass is 32.1. The maximum Gasteiger partial charge on any atom is 0.416 e. The minimum atomic E-state index is -4.34. The van der Waals surface area contributed by atoms with E-state index in [4.69, 9.17) is 0 Å². The first-order chi connectivity index (χ1) is 11.8. The van der Waals surface area contributed by atoms with E-state index in [0.717, 1.165) is 47.5 Å². The molecule has 1 aromatic heterocycles. The Balaban J connectivity index is 1.76. The Morgan fingerprint density at radius 1 is 1.16 bits per heavy atom. The summed E-state index contributed by atoms with van der Waals surface area (Å²) in [5, 5.41) is 3.86. The molecule has 2 nitrogen and oxygen atoms in total. The summed E-state index contributed by atoms with van der Waals surface area (Å²) in [6.07, 6.45) is -0.940. The minimum absolute atomic E-state index is 0.0657. The molecule has 2 atom stereocenters. The Labute approximate surface area is 148 Å². The number of fused-ring (bicyclic) bond motifs is 3. The number of carbonyl (C=O) groups is 1. The van der Waals surface area contributed by atoms with E-state index >= 15 is 0 Å². The molecule has 25 heavy (non-hydrogen) atoms. The van der Waals surface area contributed by atoms with E-state index in [1.807, 2.05) is 0 Å². The number of carbonyl (C=O) groups excluding carboxylic acids is 1. The van der Waals surface area contributed by atoms with Crippen LogP contribution in [0.5, 0.6) is 0 Å². The van der Waals surface area contributed by atoms with Crippen LogP contribution in [0.3, 0.4) is 0 Å². The topological polar surface area (TPSA) is 29.1 Å². The molecule has 0 saturated carbocycles. The number of thiophene rings is 1. The molecule has 0 spiro atoms. The van der Waals surface area contributed by atoms with Crippen LogP contribution in [-0.4, -0.2) is 5.91 Å². The number of hydrogen-bond acceptors (Lipinski definition) is 2. The molecule has 2 heterocycles. The van der Waals surface area contributed by atoms with Crippen LogP contribution in [0.4, 0.5) is 18.2 Å². The molecule has 1 aliphatic heterocycles. The van der Waals surface area contributed by atoms with E-state index in [-0.39, 0.29) is 18.2 Å². The highest BCUT2D eigenvalue weighted by Gasteiger charge is 2.35. The maximum absolute atomic E-state index is 12.8. The molecule has 6 heteroatoms. The Bertz CT molecular complexity index is 822. The molecule has 2 aliphatic rings. The van der Waals surface area contributed by atoms with E-state index < -0.39 is 11.7 Å². The molecule has 0 saturated heterocycles. The molecule has 1 N–H and O–H groups in total. The van der Waals surface area contributed by atoms with Crippen molar-refractivity contribution < 1.29 is 18.0 Å². The van der Waals surface area contributed by atoms with E-state index in [9.17, 15) is 18.0 Å². The number of nitrogens with one attached hydrogen (secondary N) is 1. The van der Waals surface area contributed by atoms with Gasteiger partial charge in [-0.15, -0.1) is 11.3 Å². The lowest BCUT2D eigenvalue weighted by Gasteiger charge is -2.26. The third-order valence-electron chi connectivity index (χ3n) is 5.18. The standard InChI is InChI=1S/C19H18F3NOS/c1-10-2-7-13-15(8-10)25-18-17(13)14(9-16(24)23-18)11-3-5-12(6-4-11)19(20,21)22/h3-6,10,14H,2,7-9H2,1H3,(H,23,24)/t10-,14+/m1/s1. The number of hydrogen-bond donors (Lipinski definition) is 1. The largest absolute Gasteiger partial charge is 0.416 e. The average Bonchev–Trinajstić information content (AvgIpc) is 2.90. The van der Waals surface area contributed by atoms with Crippen molar-refractivity contribution in [2.45, 2.75) is 44.7 Å². The molecule has 0 fully saturated rings. The van der Waals surface area contributed by atoms with Crippen molar-refractivity contribution in [3.05, 3.63) is 51.4 Å². The van der Waals surface area contributed by atoms with Crippen molar-refractivity contribution in [1.29, 1.82) is 0 Å². The predicted octanol–water partition coefficient (Wildman–Crippen LogP) is 5.37. The van der Waals surface area contributed by atoms with Gasteiger partial charge < -0.3 is 5.32 Å². The predicted molar refractivity (Wildman–Crippen MR) is 92.0 cm³/mol. The van der Waals surface area contributed by atoms with Gasteiger partial charge in [0.05, 0.1) is 10.6 Å². The number of alkyl halides is 3. The molecule has 1 aliphatic carbocycles. The van der Waals surface area contributed by atoms with Gasteiger partial charge in [0, 0.05) is 17.2 Å². The first-order valence-corrected chi connectivity index (χ1v) is 9.26. The van der Waals surface area contributed by atoms with Gasteiger partial charge in [-0.3, -0.25) is 4.79 Å². The molecule has 1 aromatic carbocycles. The fourth-order valence-electron chi connectivity index (χ4n) is 3.89. The molecular weight excluding hydrogens is 347 g/mol. The normalized spacial score (nSPS) is 23.0. The zero-order chi connectivity index (χ0) is 17.8. The van der Waals surface area contributed by atoms with E-state index in [2.05, 4.69) is 12.2 Å². The summed E-state index contributed by atoms with van der Waals surface area (Å²) >= 11 is 1.64. The summed E-state index contributed by atoms with van der Waals surface area (Å²) in [7, 11) is 0. The van der Waals surface area contributed by atoms with Crippen LogP contribution in [0.25, 0.3) is 0 Å². The van der Waals surface area contributed by atoms with Crippen LogP contribution in [-0.2, 0) is 23.8 Å². The van der Waals surface area contributed by atoms with Gasteiger partial charge >= 0.3 is 6.18 Å². The Morgan fingerprint density at radius 2 is 1.88 bits per heavy atom. The monoisotopic (exact) mass is 365 g/mol. The van der Waals surface area contributed by atoms with Gasteiger partial charge in [-0.2, -0.15) is 13.2 Å². The Hall–Kier alpha value is -1.82. The van der Waals surface area contributed by atoms with Crippen molar-refractivity contribution in [2.75, 3.05) is 5.32 Å².